The lowest BCUT2D eigenvalue weighted by Gasteiger charge is -2.29. The van der Waals surface area contributed by atoms with Crippen LogP contribution in [0.1, 0.15) is 13.3 Å². The molecular formula is C10H21N3O2. The van der Waals surface area contributed by atoms with Crippen LogP contribution in [-0.4, -0.2) is 54.7 Å². The van der Waals surface area contributed by atoms with E-state index in [0.29, 0.717) is 13.0 Å². The van der Waals surface area contributed by atoms with Crippen LogP contribution in [0.15, 0.2) is 0 Å². The van der Waals surface area contributed by atoms with Crippen LogP contribution in [0.4, 0.5) is 0 Å². The number of aliphatic hydroxyl groups is 1. The lowest BCUT2D eigenvalue weighted by atomic mass is 10.0. The predicted molar refractivity (Wildman–Crippen MR) is 58.3 cm³/mol. The molecule has 1 rings (SSSR count). The molecule has 1 saturated heterocycles. The van der Waals surface area contributed by atoms with Crippen molar-refractivity contribution in [2.75, 3.05) is 32.7 Å². The molecule has 5 heteroatoms. The van der Waals surface area contributed by atoms with Gasteiger partial charge in [-0.15, -0.1) is 0 Å². The lowest BCUT2D eigenvalue weighted by Crippen LogP contribution is -2.46. The van der Waals surface area contributed by atoms with E-state index in [-0.39, 0.29) is 11.8 Å². The van der Waals surface area contributed by atoms with Crippen molar-refractivity contribution >= 4 is 5.91 Å². The second kappa shape index (κ2) is 6.05. The molecule has 2 atom stereocenters. The van der Waals surface area contributed by atoms with Crippen LogP contribution in [-0.2, 0) is 4.79 Å². The van der Waals surface area contributed by atoms with Crippen LogP contribution in [0, 0.1) is 5.92 Å². The first kappa shape index (κ1) is 12.4. The minimum absolute atomic E-state index is 0.247. The fraction of sp³-hybridized carbons (Fsp3) is 0.900. The molecule has 0 bridgehead atoms. The van der Waals surface area contributed by atoms with Gasteiger partial charge in [0.1, 0.15) is 0 Å². The number of carbonyl (C=O) groups excluding carboxylic acids is 1. The smallest absolute Gasteiger partial charge is 0.220 e. The van der Waals surface area contributed by atoms with Gasteiger partial charge in [-0.05, 0) is 6.42 Å². The number of carbonyl (C=O) groups is 1. The molecule has 4 N–H and O–H groups in total. The van der Waals surface area contributed by atoms with Crippen LogP contribution >= 0.6 is 0 Å². The fourth-order valence-electron chi connectivity index (χ4n) is 1.79. The molecule has 15 heavy (non-hydrogen) atoms. The zero-order valence-corrected chi connectivity index (χ0v) is 9.28. The van der Waals surface area contributed by atoms with E-state index in [1.54, 1.807) is 6.92 Å². The Balaban J connectivity index is 2.22. The van der Waals surface area contributed by atoms with Gasteiger partial charge in [-0.1, -0.05) is 6.92 Å². The predicted octanol–water partition coefficient (Wildman–Crippen LogP) is -1.24. The molecule has 1 fully saturated rings. The third kappa shape index (κ3) is 4.59. The fourth-order valence-corrected chi connectivity index (χ4v) is 1.79. The first-order valence-corrected chi connectivity index (χ1v) is 5.50. The Morgan fingerprint density at radius 3 is 2.67 bits per heavy atom. The number of nitrogens with zero attached hydrogens (tertiary/aromatic N) is 1. The zero-order valence-electron chi connectivity index (χ0n) is 9.28. The van der Waals surface area contributed by atoms with Gasteiger partial charge in [0.2, 0.25) is 5.91 Å². The molecule has 1 aliphatic rings. The SMILES string of the molecule is C[C@H](CC(O)CN1CCNCC1)C(N)=O. The second-order valence-electron chi connectivity index (χ2n) is 4.24. The molecule has 88 valence electrons. The highest BCUT2D eigenvalue weighted by Gasteiger charge is 2.18. The van der Waals surface area contributed by atoms with Gasteiger partial charge >= 0.3 is 0 Å². The number of hydrogen-bond donors (Lipinski definition) is 3. The van der Waals surface area contributed by atoms with Crippen molar-refractivity contribution in [2.24, 2.45) is 11.7 Å². The highest BCUT2D eigenvalue weighted by molar-refractivity contribution is 5.76. The molecule has 1 amide bonds. The molecular weight excluding hydrogens is 194 g/mol. The number of rotatable bonds is 5. The molecule has 0 aromatic carbocycles. The van der Waals surface area contributed by atoms with Crippen molar-refractivity contribution in [1.29, 1.82) is 0 Å². The molecule has 0 saturated carbocycles. The van der Waals surface area contributed by atoms with E-state index >= 15 is 0 Å². The van der Waals surface area contributed by atoms with E-state index < -0.39 is 6.10 Å². The maximum Gasteiger partial charge on any atom is 0.220 e. The Hall–Kier alpha value is -0.650. The topological polar surface area (TPSA) is 78.6 Å². The Labute approximate surface area is 90.6 Å². The maximum absolute atomic E-state index is 10.8. The monoisotopic (exact) mass is 215 g/mol. The Bertz CT molecular complexity index is 205. The summed E-state index contributed by atoms with van der Waals surface area (Å²) in [5.74, 6) is -0.586. The number of aliphatic hydroxyl groups excluding tert-OH is 1. The standard InChI is InChI=1S/C10H21N3O2/c1-8(10(11)15)6-9(14)7-13-4-2-12-3-5-13/h8-9,12,14H,2-7H2,1H3,(H2,11,15)/t8-,9?/m1/s1. The molecule has 0 aliphatic carbocycles. The van der Waals surface area contributed by atoms with Crippen molar-refractivity contribution in [3.05, 3.63) is 0 Å². The zero-order chi connectivity index (χ0) is 11.3. The van der Waals surface area contributed by atoms with Crippen molar-refractivity contribution in [3.8, 4) is 0 Å². The van der Waals surface area contributed by atoms with E-state index in [4.69, 9.17) is 5.73 Å². The maximum atomic E-state index is 10.8. The summed E-state index contributed by atoms with van der Waals surface area (Å²) in [6.07, 6.45) is 0.00445. The van der Waals surface area contributed by atoms with Gasteiger partial charge < -0.3 is 16.2 Å². The third-order valence-corrected chi connectivity index (χ3v) is 2.79. The van der Waals surface area contributed by atoms with Crippen molar-refractivity contribution in [3.63, 3.8) is 0 Å². The third-order valence-electron chi connectivity index (χ3n) is 2.79. The van der Waals surface area contributed by atoms with Crippen LogP contribution in [0.2, 0.25) is 0 Å². The number of primary amides is 1. The first-order chi connectivity index (χ1) is 7.09. The number of amides is 1. The average molecular weight is 215 g/mol. The summed E-state index contributed by atoms with van der Waals surface area (Å²) >= 11 is 0. The molecule has 0 spiro atoms. The number of hydrogen-bond acceptors (Lipinski definition) is 4. The first-order valence-electron chi connectivity index (χ1n) is 5.50. The van der Waals surface area contributed by atoms with Gasteiger partial charge in [0.15, 0.2) is 0 Å². The van der Waals surface area contributed by atoms with Gasteiger partial charge in [0.25, 0.3) is 0 Å². The summed E-state index contributed by atoms with van der Waals surface area (Å²) in [5.41, 5.74) is 5.14. The van der Waals surface area contributed by atoms with Gasteiger partial charge in [0.05, 0.1) is 6.10 Å². The quantitative estimate of drug-likeness (QED) is 0.536. The summed E-state index contributed by atoms with van der Waals surface area (Å²) in [6.45, 7) is 6.25. The minimum Gasteiger partial charge on any atom is -0.392 e. The van der Waals surface area contributed by atoms with E-state index in [2.05, 4.69) is 10.2 Å². The lowest BCUT2D eigenvalue weighted by molar-refractivity contribution is -0.122. The van der Waals surface area contributed by atoms with Crippen molar-refractivity contribution in [2.45, 2.75) is 19.4 Å². The second-order valence-corrected chi connectivity index (χ2v) is 4.24. The Kier molecular flexibility index (Phi) is 5.01. The average Bonchev–Trinajstić information content (AvgIpc) is 2.18. The van der Waals surface area contributed by atoms with Gasteiger partial charge in [-0.2, -0.15) is 0 Å². The minimum atomic E-state index is -0.453. The molecule has 0 aromatic heterocycles. The van der Waals surface area contributed by atoms with Crippen LogP contribution in [0.25, 0.3) is 0 Å². The molecule has 1 heterocycles. The normalized spacial score (nSPS) is 22.3. The number of piperazine rings is 1. The largest absolute Gasteiger partial charge is 0.392 e. The van der Waals surface area contributed by atoms with E-state index in [1.165, 1.54) is 0 Å². The summed E-state index contributed by atoms with van der Waals surface area (Å²) in [6, 6.07) is 0. The summed E-state index contributed by atoms with van der Waals surface area (Å²) in [4.78, 5) is 13.0. The van der Waals surface area contributed by atoms with Gasteiger partial charge in [-0.3, -0.25) is 9.69 Å². The van der Waals surface area contributed by atoms with Gasteiger partial charge in [-0.25, -0.2) is 0 Å². The highest BCUT2D eigenvalue weighted by atomic mass is 16.3. The van der Waals surface area contributed by atoms with E-state index in [0.717, 1.165) is 26.2 Å². The number of β-amino-alcohol motifs (C(OH)–C–C–N with tert-alkyl or cyclic N) is 1. The highest BCUT2D eigenvalue weighted by Crippen LogP contribution is 2.07. The van der Waals surface area contributed by atoms with Crippen LogP contribution in [0.3, 0.4) is 0 Å². The van der Waals surface area contributed by atoms with E-state index in [1.807, 2.05) is 0 Å². The number of nitrogens with one attached hydrogen (secondary N) is 1. The van der Waals surface area contributed by atoms with Gasteiger partial charge in [0, 0.05) is 38.6 Å². The Morgan fingerprint density at radius 2 is 2.13 bits per heavy atom. The molecule has 5 nitrogen and oxygen atoms in total. The molecule has 1 aliphatic heterocycles. The molecule has 1 unspecified atom stereocenters. The Morgan fingerprint density at radius 1 is 1.53 bits per heavy atom. The van der Waals surface area contributed by atoms with Crippen LogP contribution < -0.4 is 11.1 Å². The van der Waals surface area contributed by atoms with Crippen molar-refractivity contribution < 1.29 is 9.90 Å². The summed E-state index contributed by atoms with van der Waals surface area (Å²) in [7, 11) is 0. The van der Waals surface area contributed by atoms with Crippen molar-refractivity contribution in [1.82, 2.24) is 10.2 Å². The molecule has 0 radical (unpaired) electrons. The number of nitrogens with two attached hydrogens (primary N) is 1. The summed E-state index contributed by atoms with van der Waals surface area (Å²) < 4.78 is 0. The summed E-state index contributed by atoms with van der Waals surface area (Å²) in [5, 5.41) is 13.0. The molecule has 0 aromatic rings. The van der Waals surface area contributed by atoms with Crippen LogP contribution in [0.5, 0.6) is 0 Å². The van der Waals surface area contributed by atoms with E-state index in [9.17, 15) is 9.90 Å².